The van der Waals surface area contributed by atoms with Crippen LogP contribution in [0.15, 0.2) is 24.3 Å². The molecule has 2 fully saturated rings. The van der Waals surface area contributed by atoms with Crippen LogP contribution in [0.2, 0.25) is 0 Å². The molecule has 2 unspecified atom stereocenters. The van der Waals surface area contributed by atoms with E-state index in [-0.39, 0.29) is 11.8 Å². The summed E-state index contributed by atoms with van der Waals surface area (Å²) in [6.07, 6.45) is 4.00. The first kappa shape index (κ1) is 24.0. The molecule has 0 aromatic carbocycles. The molecule has 0 radical (unpaired) electrons. The Morgan fingerprint density at radius 3 is 2.68 bits per heavy atom. The topological polar surface area (TPSA) is 103 Å². The van der Waals surface area contributed by atoms with Crippen LogP contribution in [0.25, 0.3) is 0 Å². The maximum atomic E-state index is 13.6. The molecular formula is C25H36N6O3. The van der Waals surface area contributed by atoms with Gasteiger partial charge in [0.1, 0.15) is 17.5 Å². The van der Waals surface area contributed by atoms with Crippen LogP contribution < -0.4 is 5.32 Å². The third-order valence-corrected chi connectivity index (χ3v) is 6.30. The molecule has 4 rings (SSSR count). The second-order valence-corrected chi connectivity index (χ2v) is 10.3. The van der Waals surface area contributed by atoms with E-state index in [2.05, 4.69) is 15.5 Å². The van der Waals surface area contributed by atoms with Crippen molar-refractivity contribution in [3.8, 4) is 0 Å². The first-order valence-electron chi connectivity index (χ1n) is 12.2. The van der Waals surface area contributed by atoms with Gasteiger partial charge in [-0.25, -0.2) is 9.78 Å². The van der Waals surface area contributed by atoms with Gasteiger partial charge in [-0.05, 0) is 71.9 Å². The zero-order chi connectivity index (χ0) is 24.3. The maximum absolute atomic E-state index is 13.6. The molecule has 2 amide bonds. The predicted molar refractivity (Wildman–Crippen MR) is 130 cm³/mol. The van der Waals surface area contributed by atoms with Crippen molar-refractivity contribution >= 4 is 23.6 Å². The second kappa shape index (κ2) is 10.0. The monoisotopic (exact) mass is 468 g/mol. The quantitative estimate of drug-likeness (QED) is 0.691. The number of carbonyl (C=O) groups is 2. The van der Waals surface area contributed by atoms with Crippen molar-refractivity contribution in [2.24, 2.45) is 0 Å². The molecule has 0 saturated carbocycles. The van der Waals surface area contributed by atoms with E-state index in [1.54, 1.807) is 4.90 Å². The molecule has 2 aromatic rings. The molecule has 9 nitrogen and oxygen atoms in total. The Bertz CT molecular complexity index is 1010. The van der Waals surface area contributed by atoms with E-state index in [1.165, 1.54) is 0 Å². The number of hydrogen-bond acceptors (Lipinski definition) is 6. The van der Waals surface area contributed by atoms with Crippen molar-refractivity contribution < 1.29 is 14.3 Å². The van der Waals surface area contributed by atoms with Gasteiger partial charge in [-0.3, -0.25) is 14.8 Å². The first-order valence-corrected chi connectivity index (χ1v) is 12.2. The van der Waals surface area contributed by atoms with Gasteiger partial charge in [-0.15, -0.1) is 0 Å². The fraction of sp³-hybridized carbons (Fsp3) is 0.600. The number of likely N-dealkylation sites (tertiary alicyclic amines) is 2. The van der Waals surface area contributed by atoms with Crippen molar-refractivity contribution in [1.29, 1.82) is 0 Å². The van der Waals surface area contributed by atoms with E-state index in [1.807, 2.05) is 56.9 Å². The highest BCUT2D eigenvalue weighted by Gasteiger charge is 2.38. The van der Waals surface area contributed by atoms with Gasteiger partial charge in [0.25, 0.3) is 0 Å². The number of aryl methyl sites for hydroxylation is 1. The number of nitrogens with one attached hydrogen (secondary N) is 2. The summed E-state index contributed by atoms with van der Waals surface area (Å²) in [5, 5.41) is 10.4. The molecule has 2 atom stereocenters. The average molecular weight is 469 g/mol. The van der Waals surface area contributed by atoms with Gasteiger partial charge in [0, 0.05) is 43.0 Å². The molecule has 0 aliphatic carbocycles. The molecule has 9 heteroatoms. The van der Waals surface area contributed by atoms with E-state index < -0.39 is 17.7 Å². The highest BCUT2D eigenvalue weighted by molar-refractivity contribution is 5.86. The number of aromatic nitrogens is 3. The highest BCUT2D eigenvalue weighted by atomic mass is 16.6. The standard InChI is InChI=1S/C25H36N6O3/c1-17-15-22(29-28-17)27-21-12-7-10-19(26-21)18-9-8-13-30(16-18)23(32)20-11-5-6-14-31(20)24(33)34-25(2,3)4/h7,10,12,15,18,20H,5-6,8-9,11,13-14,16H2,1-4H3,(H2,26,27,28,29). The number of hydrogen-bond donors (Lipinski definition) is 2. The fourth-order valence-electron chi connectivity index (χ4n) is 4.72. The van der Waals surface area contributed by atoms with Crippen molar-refractivity contribution in [1.82, 2.24) is 25.0 Å². The number of rotatable bonds is 4. The SMILES string of the molecule is Cc1cc(Nc2cccc(C3CCCN(C(=O)C4CCCCN4C(=O)OC(C)(C)C)C3)n2)n[nH]1. The minimum Gasteiger partial charge on any atom is -0.444 e. The summed E-state index contributed by atoms with van der Waals surface area (Å²) in [4.78, 5) is 34.7. The molecule has 2 saturated heterocycles. The smallest absolute Gasteiger partial charge is 0.410 e. The summed E-state index contributed by atoms with van der Waals surface area (Å²) in [6, 6.07) is 7.39. The number of anilines is 2. The van der Waals surface area contributed by atoms with Gasteiger partial charge in [-0.1, -0.05) is 6.07 Å². The Morgan fingerprint density at radius 2 is 1.94 bits per heavy atom. The summed E-state index contributed by atoms with van der Waals surface area (Å²) in [5.74, 6) is 1.63. The molecule has 0 bridgehead atoms. The molecule has 4 heterocycles. The van der Waals surface area contributed by atoms with Gasteiger partial charge < -0.3 is 15.0 Å². The normalized spacial score (nSPS) is 21.3. The van der Waals surface area contributed by atoms with Crippen LogP contribution in [-0.4, -0.2) is 68.3 Å². The second-order valence-electron chi connectivity index (χ2n) is 10.3. The number of piperidine rings is 2. The molecule has 34 heavy (non-hydrogen) atoms. The Hall–Kier alpha value is -3.10. The molecule has 2 aliphatic heterocycles. The van der Waals surface area contributed by atoms with Gasteiger partial charge >= 0.3 is 6.09 Å². The zero-order valence-corrected chi connectivity index (χ0v) is 20.6. The van der Waals surface area contributed by atoms with E-state index in [0.29, 0.717) is 26.1 Å². The lowest BCUT2D eigenvalue weighted by Crippen LogP contribution is -2.55. The van der Waals surface area contributed by atoms with Crippen LogP contribution in [0.1, 0.15) is 70.2 Å². The van der Waals surface area contributed by atoms with E-state index in [9.17, 15) is 9.59 Å². The van der Waals surface area contributed by atoms with E-state index >= 15 is 0 Å². The molecule has 2 aromatic heterocycles. The van der Waals surface area contributed by atoms with Crippen LogP contribution in [0.3, 0.4) is 0 Å². The van der Waals surface area contributed by atoms with Crippen molar-refractivity contribution in [2.75, 3.05) is 25.0 Å². The molecule has 0 spiro atoms. The maximum Gasteiger partial charge on any atom is 0.410 e. The fourth-order valence-corrected chi connectivity index (χ4v) is 4.72. The van der Waals surface area contributed by atoms with Crippen LogP contribution in [0, 0.1) is 6.92 Å². The third-order valence-electron chi connectivity index (χ3n) is 6.30. The Kier molecular flexibility index (Phi) is 7.09. The Morgan fingerprint density at radius 1 is 1.12 bits per heavy atom. The van der Waals surface area contributed by atoms with Crippen LogP contribution in [0.5, 0.6) is 0 Å². The van der Waals surface area contributed by atoms with E-state index in [4.69, 9.17) is 9.72 Å². The lowest BCUT2D eigenvalue weighted by atomic mass is 9.92. The minimum absolute atomic E-state index is 0.0246. The average Bonchev–Trinajstić information content (AvgIpc) is 3.22. The Balaban J connectivity index is 1.44. The zero-order valence-electron chi connectivity index (χ0n) is 20.6. The number of nitrogens with zero attached hydrogens (tertiary/aromatic N) is 4. The van der Waals surface area contributed by atoms with Gasteiger partial charge in [-0.2, -0.15) is 5.10 Å². The van der Waals surface area contributed by atoms with Crippen LogP contribution >= 0.6 is 0 Å². The van der Waals surface area contributed by atoms with Crippen molar-refractivity contribution in [3.05, 3.63) is 35.7 Å². The molecular weight excluding hydrogens is 432 g/mol. The number of pyridine rings is 1. The lowest BCUT2D eigenvalue weighted by Gasteiger charge is -2.40. The first-order chi connectivity index (χ1) is 16.2. The number of H-pyrrole nitrogens is 1. The largest absolute Gasteiger partial charge is 0.444 e. The van der Waals surface area contributed by atoms with Gasteiger partial charge in [0.05, 0.1) is 0 Å². The van der Waals surface area contributed by atoms with Gasteiger partial charge in [0.2, 0.25) is 5.91 Å². The number of aromatic amines is 1. The van der Waals surface area contributed by atoms with Crippen molar-refractivity contribution in [2.45, 2.75) is 77.4 Å². The summed E-state index contributed by atoms with van der Waals surface area (Å²) >= 11 is 0. The summed E-state index contributed by atoms with van der Waals surface area (Å²) in [7, 11) is 0. The molecule has 2 aliphatic rings. The minimum atomic E-state index is -0.586. The number of carbonyl (C=O) groups excluding carboxylic acids is 2. The number of ether oxygens (including phenoxy) is 1. The van der Waals surface area contributed by atoms with Crippen molar-refractivity contribution in [3.63, 3.8) is 0 Å². The Labute approximate surface area is 201 Å². The molecule has 2 N–H and O–H groups in total. The van der Waals surface area contributed by atoms with E-state index in [0.717, 1.165) is 48.7 Å². The van der Waals surface area contributed by atoms with Gasteiger partial charge in [0.15, 0.2) is 5.82 Å². The number of amides is 2. The summed E-state index contributed by atoms with van der Waals surface area (Å²) in [6.45, 7) is 9.38. The lowest BCUT2D eigenvalue weighted by molar-refractivity contribution is -0.139. The third kappa shape index (κ3) is 5.87. The highest BCUT2D eigenvalue weighted by Crippen LogP contribution is 2.29. The van der Waals surface area contributed by atoms with Crippen LogP contribution in [0.4, 0.5) is 16.4 Å². The summed E-state index contributed by atoms with van der Waals surface area (Å²) in [5.41, 5.74) is 1.35. The predicted octanol–water partition coefficient (Wildman–Crippen LogP) is 4.35. The summed E-state index contributed by atoms with van der Waals surface area (Å²) < 4.78 is 5.59. The molecule has 184 valence electrons. The van der Waals surface area contributed by atoms with Crippen LogP contribution in [-0.2, 0) is 9.53 Å².